The number of likely N-dealkylation sites (tertiary alicyclic amines) is 1. The van der Waals surface area contributed by atoms with Crippen LogP contribution in [0.25, 0.3) is 10.4 Å². The lowest BCUT2D eigenvalue weighted by Crippen LogP contribution is -2.56. The number of benzene rings is 1. The van der Waals surface area contributed by atoms with E-state index in [-0.39, 0.29) is 17.9 Å². The van der Waals surface area contributed by atoms with Gasteiger partial charge in [0.2, 0.25) is 5.91 Å². The van der Waals surface area contributed by atoms with E-state index >= 15 is 0 Å². The molecular formula is C25H32N2O3S. The van der Waals surface area contributed by atoms with Gasteiger partial charge in [-0.05, 0) is 68.0 Å². The fraction of sp³-hybridized carbons (Fsp3) is 0.520. The Balaban J connectivity index is 1.62. The van der Waals surface area contributed by atoms with Crippen molar-refractivity contribution >= 4 is 23.2 Å². The lowest BCUT2D eigenvalue weighted by Gasteiger charge is -2.43. The Labute approximate surface area is 188 Å². The van der Waals surface area contributed by atoms with Crippen LogP contribution in [0.3, 0.4) is 0 Å². The van der Waals surface area contributed by atoms with Crippen LogP contribution in [0, 0.1) is 5.41 Å². The molecule has 0 bridgehead atoms. The number of piperidine rings is 1. The molecule has 2 saturated heterocycles. The Bertz CT molecular complexity index is 892. The summed E-state index contributed by atoms with van der Waals surface area (Å²) in [6, 6.07) is 12.5. The Morgan fingerprint density at radius 2 is 2.06 bits per heavy atom. The second-order valence-corrected chi connectivity index (χ2v) is 9.62. The van der Waals surface area contributed by atoms with E-state index in [1.165, 1.54) is 16.0 Å². The minimum atomic E-state index is -0.619. The molecule has 0 aliphatic carbocycles. The highest BCUT2D eigenvalue weighted by atomic mass is 32.1. The van der Waals surface area contributed by atoms with Crippen molar-refractivity contribution in [1.29, 1.82) is 0 Å². The predicted molar refractivity (Wildman–Crippen MR) is 124 cm³/mol. The highest BCUT2D eigenvalue weighted by molar-refractivity contribution is 7.13. The van der Waals surface area contributed by atoms with Crippen molar-refractivity contribution in [2.75, 3.05) is 26.2 Å². The molecule has 166 valence electrons. The molecule has 1 aromatic heterocycles. The first-order valence-electron chi connectivity index (χ1n) is 11.4. The molecule has 1 N–H and O–H groups in total. The maximum atomic E-state index is 13.4. The van der Waals surface area contributed by atoms with E-state index in [0.29, 0.717) is 32.7 Å². The molecule has 2 aromatic rings. The second kappa shape index (κ2) is 9.96. The first-order valence-corrected chi connectivity index (χ1v) is 12.3. The number of hydrogen-bond acceptors (Lipinski definition) is 4. The van der Waals surface area contributed by atoms with Gasteiger partial charge in [-0.15, -0.1) is 11.3 Å². The van der Waals surface area contributed by atoms with E-state index < -0.39 is 5.41 Å². The summed E-state index contributed by atoms with van der Waals surface area (Å²) < 4.78 is 5.77. The van der Waals surface area contributed by atoms with E-state index in [1.807, 2.05) is 17.9 Å². The summed E-state index contributed by atoms with van der Waals surface area (Å²) in [5.74, 6) is 0.109. The van der Waals surface area contributed by atoms with Crippen molar-refractivity contribution in [2.45, 2.75) is 51.6 Å². The molecule has 2 aliphatic heterocycles. The normalized spacial score (nSPS) is 24.0. The summed E-state index contributed by atoms with van der Waals surface area (Å²) in [5.41, 5.74) is 1.73. The minimum Gasteiger partial charge on any atom is -0.368 e. The zero-order valence-electron chi connectivity index (χ0n) is 18.3. The van der Waals surface area contributed by atoms with Crippen molar-refractivity contribution < 1.29 is 14.3 Å². The van der Waals surface area contributed by atoms with Crippen LogP contribution in [0.4, 0.5) is 0 Å². The van der Waals surface area contributed by atoms with Crippen molar-refractivity contribution in [3.05, 3.63) is 47.3 Å². The number of amides is 2. The largest absolute Gasteiger partial charge is 0.368 e. The molecule has 4 rings (SSSR count). The number of thiophene rings is 1. The number of nitrogens with zero attached hydrogens (tertiary/aromatic N) is 1. The van der Waals surface area contributed by atoms with E-state index in [2.05, 4.69) is 41.0 Å². The fourth-order valence-electron chi connectivity index (χ4n) is 4.93. The third-order valence-electron chi connectivity index (χ3n) is 6.50. The maximum absolute atomic E-state index is 13.4. The van der Waals surface area contributed by atoms with Crippen LogP contribution in [-0.2, 0) is 20.7 Å². The predicted octanol–water partition coefficient (Wildman–Crippen LogP) is 4.27. The lowest BCUT2D eigenvalue weighted by molar-refractivity contribution is -0.152. The van der Waals surface area contributed by atoms with E-state index in [0.717, 1.165) is 32.1 Å². The molecule has 5 nitrogen and oxygen atoms in total. The third kappa shape index (κ3) is 4.85. The standard InChI is InChI=1S/C25H32N2O3S/c1-2-26-24(29)25(17-19-9-3-4-10-20(19)22-12-7-16-31-22)13-8-14-27(18-25)23(28)21-11-5-6-15-30-21/h3-4,7,9-10,12,16,21H,2,5-6,8,11,13-15,17-18H2,1H3,(H,26,29)/t21-,25+/m1/s1. The number of nitrogens with one attached hydrogen (secondary N) is 1. The van der Waals surface area contributed by atoms with Gasteiger partial charge in [0.15, 0.2) is 0 Å². The van der Waals surface area contributed by atoms with Gasteiger partial charge >= 0.3 is 0 Å². The summed E-state index contributed by atoms with van der Waals surface area (Å²) in [5, 5.41) is 5.14. The Morgan fingerprint density at radius 1 is 1.19 bits per heavy atom. The summed E-state index contributed by atoms with van der Waals surface area (Å²) in [6.45, 7) is 4.35. The molecular weight excluding hydrogens is 408 g/mol. The zero-order chi connectivity index (χ0) is 21.7. The Hall–Kier alpha value is -2.18. The number of ether oxygens (including phenoxy) is 1. The summed E-state index contributed by atoms with van der Waals surface area (Å²) in [6.07, 6.45) is 4.72. The quantitative estimate of drug-likeness (QED) is 0.730. The molecule has 31 heavy (non-hydrogen) atoms. The van der Waals surface area contributed by atoms with E-state index in [9.17, 15) is 9.59 Å². The summed E-state index contributed by atoms with van der Waals surface area (Å²) in [7, 11) is 0. The molecule has 2 fully saturated rings. The van der Waals surface area contributed by atoms with Crippen LogP contribution < -0.4 is 5.32 Å². The first kappa shape index (κ1) is 22.0. The van der Waals surface area contributed by atoms with Crippen LogP contribution in [0.1, 0.15) is 44.6 Å². The molecule has 2 amide bonds. The average Bonchev–Trinajstić information content (AvgIpc) is 3.35. The monoisotopic (exact) mass is 440 g/mol. The van der Waals surface area contributed by atoms with Crippen molar-refractivity contribution in [3.8, 4) is 10.4 Å². The van der Waals surface area contributed by atoms with Gasteiger partial charge in [-0.2, -0.15) is 0 Å². The lowest BCUT2D eigenvalue weighted by atomic mass is 9.73. The van der Waals surface area contributed by atoms with Crippen LogP contribution >= 0.6 is 11.3 Å². The van der Waals surface area contributed by atoms with Gasteiger partial charge in [0, 0.05) is 31.1 Å². The van der Waals surface area contributed by atoms with Gasteiger partial charge in [0.25, 0.3) is 5.91 Å². The fourth-order valence-corrected chi connectivity index (χ4v) is 5.72. The van der Waals surface area contributed by atoms with Crippen LogP contribution in [0.15, 0.2) is 41.8 Å². The van der Waals surface area contributed by atoms with Crippen molar-refractivity contribution in [3.63, 3.8) is 0 Å². The third-order valence-corrected chi connectivity index (χ3v) is 7.40. The Morgan fingerprint density at radius 3 is 2.81 bits per heavy atom. The molecule has 0 radical (unpaired) electrons. The van der Waals surface area contributed by atoms with Gasteiger partial charge in [0.05, 0.1) is 5.41 Å². The van der Waals surface area contributed by atoms with Crippen LogP contribution in [0.5, 0.6) is 0 Å². The molecule has 0 unspecified atom stereocenters. The van der Waals surface area contributed by atoms with Crippen molar-refractivity contribution in [2.24, 2.45) is 5.41 Å². The zero-order valence-corrected chi connectivity index (χ0v) is 19.1. The van der Waals surface area contributed by atoms with Gasteiger partial charge in [-0.1, -0.05) is 30.3 Å². The molecule has 2 atom stereocenters. The number of carbonyl (C=O) groups is 2. The molecule has 1 aromatic carbocycles. The molecule has 0 spiro atoms. The maximum Gasteiger partial charge on any atom is 0.251 e. The highest BCUT2D eigenvalue weighted by Gasteiger charge is 2.44. The number of hydrogen-bond donors (Lipinski definition) is 1. The Kier molecular flexibility index (Phi) is 7.08. The first-order chi connectivity index (χ1) is 15.1. The molecule has 3 heterocycles. The van der Waals surface area contributed by atoms with E-state index in [4.69, 9.17) is 4.74 Å². The van der Waals surface area contributed by atoms with Gasteiger partial charge in [-0.3, -0.25) is 9.59 Å². The second-order valence-electron chi connectivity index (χ2n) is 8.67. The van der Waals surface area contributed by atoms with Gasteiger partial charge in [-0.25, -0.2) is 0 Å². The summed E-state index contributed by atoms with van der Waals surface area (Å²) >= 11 is 1.71. The SMILES string of the molecule is CCNC(=O)[C@]1(Cc2ccccc2-c2cccs2)CCCN(C(=O)[C@H]2CCCCO2)C1. The minimum absolute atomic E-state index is 0.0537. The topological polar surface area (TPSA) is 58.6 Å². The van der Waals surface area contributed by atoms with Gasteiger partial charge in [0.1, 0.15) is 6.10 Å². The molecule has 2 aliphatic rings. The molecule has 6 heteroatoms. The van der Waals surface area contributed by atoms with Crippen LogP contribution in [0.2, 0.25) is 0 Å². The van der Waals surface area contributed by atoms with E-state index in [1.54, 1.807) is 11.3 Å². The number of carbonyl (C=O) groups excluding carboxylic acids is 2. The smallest absolute Gasteiger partial charge is 0.251 e. The van der Waals surface area contributed by atoms with Gasteiger partial charge < -0.3 is 15.0 Å². The molecule has 0 saturated carbocycles. The number of rotatable bonds is 6. The highest BCUT2D eigenvalue weighted by Crippen LogP contribution is 2.38. The van der Waals surface area contributed by atoms with Crippen molar-refractivity contribution in [1.82, 2.24) is 10.2 Å². The average molecular weight is 441 g/mol. The van der Waals surface area contributed by atoms with Crippen LogP contribution in [-0.4, -0.2) is 49.1 Å². The summed E-state index contributed by atoms with van der Waals surface area (Å²) in [4.78, 5) is 29.7.